The van der Waals surface area contributed by atoms with Crippen LogP contribution in [-0.2, 0) is 6.42 Å². The van der Waals surface area contributed by atoms with E-state index in [1.807, 2.05) is 12.1 Å². The Balaban J connectivity index is 1.61. The van der Waals surface area contributed by atoms with E-state index in [-0.39, 0.29) is 5.82 Å². The summed E-state index contributed by atoms with van der Waals surface area (Å²) in [5.74, 6) is 0.593. The summed E-state index contributed by atoms with van der Waals surface area (Å²) in [6.45, 7) is 4.39. The smallest absolute Gasteiger partial charge is 0.197 e. The van der Waals surface area contributed by atoms with Crippen LogP contribution in [0.1, 0.15) is 24.8 Å². The summed E-state index contributed by atoms with van der Waals surface area (Å²) in [4.78, 5) is 2.45. The molecule has 1 saturated heterocycles. The van der Waals surface area contributed by atoms with Crippen molar-refractivity contribution < 1.29 is 13.9 Å². The van der Waals surface area contributed by atoms with E-state index in [1.54, 1.807) is 0 Å². The lowest BCUT2D eigenvalue weighted by Crippen LogP contribution is -2.21. The van der Waals surface area contributed by atoms with Gasteiger partial charge < -0.3 is 14.4 Å². The van der Waals surface area contributed by atoms with Gasteiger partial charge in [-0.15, -0.1) is 0 Å². The molecule has 0 bridgehead atoms. The molecule has 2 aliphatic rings. The number of hydrogen-bond donors (Lipinski definition) is 0. The zero-order valence-corrected chi connectivity index (χ0v) is 11.2. The van der Waals surface area contributed by atoms with Crippen molar-refractivity contribution in [2.45, 2.75) is 25.7 Å². The molecule has 1 fully saturated rings. The van der Waals surface area contributed by atoms with Gasteiger partial charge in [-0.2, -0.15) is 0 Å². The van der Waals surface area contributed by atoms with Gasteiger partial charge in [0.2, 0.25) is 0 Å². The maximum atomic E-state index is 14.2. The molecule has 0 aliphatic carbocycles. The van der Waals surface area contributed by atoms with Crippen LogP contribution in [-0.4, -0.2) is 37.7 Å². The number of halogens is 1. The first-order valence-corrected chi connectivity index (χ1v) is 7.14. The summed E-state index contributed by atoms with van der Waals surface area (Å²) in [7, 11) is 0. The third kappa shape index (κ3) is 2.84. The Morgan fingerprint density at radius 2 is 1.89 bits per heavy atom. The summed E-state index contributed by atoms with van der Waals surface area (Å²) in [5, 5.41) is 0. The van der Waals surface area contributed by atoms with Crippen LogP contribution in [0.25, 0.3) is 0 Å². The van der Waals surface area contributed by atoms with Crippen LogP contribution in [0.3, 0.4) is 0 Å². The SMILES string of the molecule is Fc1c(CCCN2CCCC2)ccc2c1OCCO2. The lowest BCUT2D eigenvalue weighted by atomic mass is 10.1. The summed E-state index contributed by atoms with van der Waals surface area (Å²) >= 11 is 0. The lowest BCUT2D eigenvalue weighted by Gasteiger charge is -2.20. The second kappa shape index (κ2) is 5.78. The van der Waals surface area contributed by atoms with Gasteiger partial charge in [-0.3, -0.25) is 0 Å². The summed E-state index contributed by atoms with van der Waals surface area (Å²) in [6.07, 6.45) is 4.37. The lowest BCUT2D eigenvalue weighted by molar-refractivity contribution is 0.164. The van der Waals surface area contributed by atoms with Crippen molar-refractivity contribution >= 4 is 0 Å². The maximum absolute atomic E-state index is 14.2. The minimum Gasteiger partial charge on any atom is -0.486 e. The molecule has 0 aromatic heterocycles. The Labute approximate surface area is 113 Å². The van der Waals surface area contributed by atoms with E-state index in [4.69, 9.17) is 9.47 Å². The molecule has 0 radical (unpaired) electrons. The summed E-state index contributed by atoms with van der Waals surface area (Å²) in [5.41, 5.74) is 0.739. The van der Waals surface area contributed by atoms with Gasteiger partial charge in [0.15, 0.2) is 17.3 Å². The van der Waals surface area contributed by atoms with Crippen LogP contribution in [0.15, 0.2) is 12.1 Å². The van der Waals surface area contributed by atoms with Crippen LogP contribution in [0.2, 0.25) is 0 Å². The van der Waals surface area contributed by atoms with E-state index in [0.29, 0.717) is 24.7 Å². The molecular weight excluding hydrogens is 245 g/mol. The van der Waals surface area contributed by atoms with Crippen LogP contribution < -0.4 is 9.47 Å². The Kier molecular flexibility index (Phi) is 3.87. The van der Waals surface area contributed by atoms with Crippen molar-refractivity contribution in [2.24, 2.45) is 0 Å². The fourth-order valence-electron chi connectivity index (χ4n) is 2.82. The molecule has 0 unspecified atom stereocenters. The molecule has 104 valence electrons. The molecule has 1 aromatic carbocycles. The van der Waals surface area contributed by atoms with Crippen LogP contribution in [0.5, 0.6) is 11.5 Å². The van der Waals surface area contributed by atoms with Crippen LogP contribution >= 0.6 is 0 Å². The monoisotopic (exact) mass is 265 g/mol. The molecule has 0 N–H and O–H groups in total. The van der Waals surface area contributed by atoms with Crippen molar-refractivity contribution in [3.05, 3.63) is 23.5 Å². The Morgan fingerprint density at radius 3 is 2.74 bits per heavy atom. The first-order valence-electron chi connectivity index (χ1n) is 7.14. The summed E-state index contributed by atoms with van der Waals surface area (Å²) < 4.78 is 25.0. The highest BCUT2D eigenvalue weighted by Crippen LogP contribution is 2.34. The third-order valence-electron chi connectivity index (χ3n) is 3.85. The Bertz CT molecular complexity index is 444. The largest absolute Gasteiger partial charge is 0.486 e. The molecule has 2 heterocycles. The van der Waals surface area contributed by atoms with Crippen molar-refractivity contribution in [1.29, 1.82) is 0 Å². The van der Waals surface area contributed by atoms with E-state index in [2.05, 4.69) is 4.90 Å². The number of rotatable bonds is 4. The highest BCUT2D eigenvalue weighted by Gasteiger charge is 2.19. The normalized spacial score (nSPS) is 18.8. The number of aryl methyl sites for hydroxylation is 1. The van der Waals surface area contributed by atoms with Gasteiger partial charge in [0, 0.05) is 0 Å². The van der Waals surface area contributed by atoms with E-state index < -0.39 is 0 Å². The summed E-state index contributed by atoms with van der Waals surface area (Å²) in [6, 6.07) is 3.65. The predicted octanol–water partition coefficient (Wildman–Crippen LogP) is 2.63. The van der Waals surface area contributed by atoms with Gasteiger partial charge in [0.1, 0.15) is 13.2 Å². The molecule has 0 atom stereocenters. The number of ether oxygens (including phenoxy) is 2. The molecule has 1 aromatic rings. The molecular formula is C15H20FNO2. The molecule has 0 saturated carbocycles. The van der Waals surface area contributed by atoms with Crippen LogP contribution in [0.4, 0.5) is 4.39 Å². The van der Waals surface area contributed by atoms with E-state index in [0.717, 1.165) is 24.9 Å². The minimum absolute atomic E-state index is 0.237. The first kappa shape index (κ1) is 12.7. The van der Waals surface area contributed by atoms with Gasteiger partial charge in [0.05, 0.1) is 0 Å². The number of hydrogen-bond acceptors (Lipinski definition) is 3. The van der Waals surface area contributed by atoms with Gasteiger partial charge in [0.25, 0.3) is 0 Å². The molecule has 0 spiro atoms. The Hall–Kier alpha value is -1.29. The molecule has 19 heavy (non-hydrogen) atoms. The standard InChI is InChI=1S/C15H20FNO2/c16-14-12(4-3-9-17-7-1-2-8-17)5-6-13-15(14)19-11-10-18-13/h5-6H,1-4,7-11H2. The topological polar surface area (TPSA) is 21.7 Å². The zero-order chi connectivity index (χ0) is 13.1. The Morgan fingerprint density at radius 1 is 1.11 bits per heavy atom. The predicted molar refractivity (Wildman–Crippen MR) is 71.4 cm³/mol. The number of fused-ring (bicyclic) bond motifs is 1. The van der Waals surface area contributed by atoms with Crippen molar-refractivity contribution in [2.75, 3.05) is 32.8 Å². The third-order valence-corrected chi connectivity index (χ3v) is 3.85. The van der Waals surface area contributed by atoms with Crippen molar-refractivity contribution in [1.82, 2.24) is 4.90 Å². The van der Waals surface area contributed by atoms with Crippen LogP contribution in [0, 0.1) is 5.82 Å². The van der Waals surface area contributed by atoms with E-state index >= 15 is 0 Å². The zero-order valence-electron chi connectivity index (χ0n) is 11.2. The fourth-order valence-corrected chi connectivity index (χ4v) is 2.82. The second-order valence-corrected chi connectivity index (χ2v) is 5.22. The number of likely N-dealkylation sites (tertiary alicyclic amines) is 1. The van der Waals surface area contributed by atoms with Gasteiger partial charge >= 0.3 is 0 Å². The highest BCUT2D eigenvalue weighted by atomic mass is 19.1. The van der Waals surface area contributed by atoms with E-state index in [9.17, 15) is 4.39 Å². The fraction of sp³-hybridized carbons (Fsp3) is 0.600. The van der Waals surface area contributed by atoms with Gasteiger partial charge in [-0.25, -0.2) is 4.39 Å². The number of nitrogens with zero attached hydrogens (tertiary/aromatic N) is 1. The quantitative estimate of drug-likeness (QED) is 0.835. The molecule has 2 aliphatic heterocycles. The molecule has 4 heteroatoms. The average Bonchev–Trinajstić information content (AvgIpc) is 2.95. The van der Waals surface area contributed by atoms with Crippen molar-refractivity contribution in [3.8, 4) is 11.5 Å². The highest BCUT2D eigenvalue weighted by molar-refractivity contribution is 5.45. The van der Waals surface area contributed by atoms with Gasteiger partial charge in [-0.05, 0) is 56.9 Å². The minimum atomic E-state index is -0.237. The average molecular weight is 265 g/mol. The van der Waals surface area contributed by atoms with Gasteiger partial charge in [-0.1, -0.05) is 6.07 Å². The number of benzene rings is 1. The van der Waals surface area contributed by atoms with E-state index in [1.165, 1.54) is 25.9 Å². The van der Waals surface area contributed by atoms with Crippen molar-refractivity contribution in [3.63, 3.8) is 0 Å². The molecule has 0 amide bonds. The maximum Gasteiger partial charge on any atom is 0.197 e. The second-order valence-electron chi connectivity index (χ2n) is 5.22. The molecule has 3 rings (SSSR count). The first-order chi connectivity index (χ1) is 9.34. The molecule has 3 nitrogen and oxygen atoms in total.